The number of aryl methyl sites for hydroxylation is 1. The first-order valence-electron chi connectivity index (χ1n) is 7.28. The smallest absolute Gasteiger partial charge is 0.416 e. The number of carboxylic acids is 1. The summed E-state index contributed by atoms with van der Waals surface area (Å²) < 4.78 is 37.9. The van der Waals surface area contributed by atoms with Crippen LogP contribution >= 0.6 is 0 Å². The Labute approximate surface area is 132 Å². The fourth-order valence-corrected chi connectivity index (χ4v) is 2.19. The molecule has 0 atom stereocenters. The molecule has 1 amide bonds. The van der Waals surface area contributed by atoms with Crippen molar-refractivity contribution in [2.45, 2.75) is 45.3 Å². The lowest BCUT2D eigenvalue weighted by molar-refractivity contribution is -0.145. The van der Waals surface area contributed by atoms with Crippen molar-refractivity contribution in [2.24, 2.45) is 0 Å². The number of alkyl halides is 3. The van der Waals surface area contributed by atoms with E-state index in [1.807, 2.05) is 0 Å². The van der Waals surface area contributed by atoms with E-state index in [9.17, 15) is 22.8 Å². The summed E-state index contributed by atoms with van der Waals surface area (Å²) in [6.07, 6.45) is -3.60. The van der Waals surface area contributed by atoms with Crippen LogP contribution in [0, 0.1) is 0 Å². The molecule has 0 aliphatic carbocycles. The monoisotopic (exact) mass is 331 g/mol. The molecule has 1 aromatic carbocycles. The number of aliphatic carboxylic acids is 1. The van der Waals surface area contributed by atoms with Crippen LogP contribution in [0.2, 0.25) is 0 Å². The SMILES string of the molecule is CC(C)N(CC(=O)O)C(=O)CCCc1cccc(C(F)(F)F)c1. The van der Waals surface area contributed by atoms with Crippen molar-refractivity contribution in [2.75, 3.05) is 6.54 Å². The number of amides is 1. The normalized spacial score (nSPS) is 11.6. The highest BCUT2D eigenvalue weighted by atomic mass is 19.4. The van der Waals surface area contributed by atoms with Crippen molar-refractivity contribution >= 4 is 11.9 Å². The average Bonchev–Trinajstić information content (AvgIpc) is 2.43. The number of hydrogen-bond acceptors (Lipinski definition) is 2. The first-order valence-corrected chi connectivity index (χ1v) is 7.28. The van der Waals surface area contributed by atoms with Gasteiger partial charge in [0.1, 0.15) is 6.54 Å². The van der Waals surface area contributed by atoms with Gasteiger partial charge in [-0.25, -0.2) is 0 Å². The lowest BCUT2D eigenvalue weighted by atomic mass is 10.0. The van der Waals surface area contributed by atoms with Gasteiger partial charge in [0, 0.05) is 12.5 Å². The fourth-order valence-electron chi connectivity index (χ4n) is 2.19. The van der Waals surface area contributed by atoms with E-state index in [1.54, 1.807) is 19.9 Å². The second kappa shape index (κ2) is 7.99. The zero-order valence-corrected chi connectivity index (χ0v) is 13.1. The molecule has 0 aliphatic heterocycles. The molecule has 1 N–H and O–H groups in total. The Kier molecular flexibility index (Phi) is 6.60. The molecule has 0 heterocycles. The summed E-state index contributed by atoms with van der Waals surface area (Å²) >= 11 is 0. The van der Waals surface area contributed by atoms with Crippen molar-refractivity contribution in [1.29, 1.82) is 0 Å². The van der Waals surface area contributed by atoms with Crippen molar-refractivity contribution in [1.82, 2.24) is 4.90 Å². The van der Waals surface area contributed by atoms with Crippen molar-refractivity contribution in [3.05, 3.63) is 35.4 Å². The Morgan fingerprint density at radius 1 is 1.26 bits per heavy atom. The first kappa shape index (κ1) is 19.0. The molecule has 0 aliphatic rings. The summed E-state index contributed by atoms with van der Waals surface area (Å²) in [7, 11) is 0. The minimum Gasteiger partial charge on any atom is -0.480 e. The zero-order valence-electron chi connectivity index (χ0n) is 13.1. The second-order valence-electron chi connectivity index (χ2n) is 5.56. The Hall–Kier alpha value is -2.05. The predicted molar refractivity (Wildman–Crippen MR) is 78.9 cm³/mol. The molecule has 1 aromatic rings. The first-order chi connectivity index (χ1) is 10.6. The number of carbonyl (C=O) groups excluding carboxylic acids is 1. The highest BCUT2D eigenvalue weighted by Gasteiger charge is 2.30. The van der Waals surface area contributed by atoms with E-state index in [0.29, 0.717) is 18.4 Å². The van der Waals surface area contributed by atoms with Gasteiger partial charge in [-0.1, -0.05) is 18.2 Å². The van der Waals surface area contributed by atoms with E-state index < -0.39 is 17.7 Å². The van der Waals surface area contributed by atoms with E-state index in [2.05, 4.69) is 0 Å². The number of nitrogens with zero attached hydrogens (tertiary/aromatic N) is 1. The van der Waals surface area contributed by atoms with Crippen molar-refractivity contribution in [3.8, 4) is 0 Å². The van der Waals surface area contributed by atoms with Crippen LogP contribution in [0.25, 0.3) is 0 Å². The molecule has 0 saturated carbocycles. The molecular formula is C16H20F3NO3. The molecule has 4 nitrogen and oxygen atoms in total. The lowest BCUT2D eigenvalue weighted by Crippen LogP contribution is -2.40. The Balaban J connectivity index is 2.59. The van der Waals surface area contributed by atoms with Gasteiger partial charge >= 0.3 is 12.1 Å². The summed E-state index contributed by atoms with van der Waals surface area (Å²) in [6.45, 7) is 3.06. The number of rotatable bonds is 7. The molecule has 0 fully saturated rings. The summed E-state index contributed by atoms with van der Waals surface area (Å²) in [5.74, 6) is -1.40. The Morgan fingerprint density at radius 3 is 2.43 bits per heavy atom. The van der Waals surface area contributed by atoms with Gasteiger partial charge in [0.2, 0.25) is 5.91 Å². The van der Waals surface area contributed by atoms with Crippen LogP contribution in [0.4, 0.5) is 13.2 Å². The van der Waals surface area contributed by atoms with Gasteiger partial charge in [-0.15, -0.1) is 0 Å². The average molecular weight is 331 g/mol. The number of hydrogen-bond donors (Lipinski definition) is 1. The number of carboxylic acid groups (broad SMARTS) is 1. The summed E-state index contributed by atoms with van der Waals surface area (Å²) in [5, 5.41) is 8.79. The van der Waals surface area contributed by atoms with E-state index >= 15 is 0 Å². The summed E-state index contributed by atoms with van der Waals surface area (Å²) in [5.41, 5.74) is -0.210. The molecule has 0 spiro atoms. The van der Waals surface area contributed by atoms with Gasteiger partial charge in [0.15, 0.2) is 0 Å². The molecular weight excluding hydrogens is 311 g/mol. The largest absolute Gasteiger partial charge is 0.480 e. The van der Waals surface area contributed by atoms with E-state index in [4.69, 9.17) is 5.11 Å². The minimum absolute atomic E-state index is 0.0989. The maximum Gasteiger partial charge on any atom is 0.416 e. The molecule has 7 heteroatoms. The summed E-state index contributed by atoms with van der Waals surface area (Å²) in [4.78, 5) is 24.0. The van der Waals surface area contributed by atoms with Crippen molar-refractivity contribution < 1.29 is 27.9 Å². The maximum absolute atomic E-state index is 12.6. The van der Waals surface area contributed by atoms with Crippen LogP contribution in [0.1, 0.15) is 37.8 Å². The highest BCUT2D eigenvalue weighted by molar-refractivity contribution is 5.81. The number of halogens is 3. The van der Waals surface area contributed by atoms with Crippen LogP contribution < -0.4 is 0 Å². The van der Waals surface area contributed by atoms with E-state index in [1.165, 1.54) is 11.0 Å². The van der Waals surface area contributed by atoms with Crippen LogP contribution in [-0.2, 0) is 22.2 Å². The van der Waals surface area contributed by atoms with E-state index in [0.717, 1.165) is 12.1 Å². The van der Waals surface area contributed by atoms with Crippen LogP contribution in [0.15, 0.2) is 24.3 Å². The number of carbonyl (C=O) groups is 2. The standard InChI is InChI=1S/C16H20F3NO3/c1-11(2)20(10-15(22)23)14(21)8-4-6-12-5-3-7-13(9-12)16(17,18)19/h3,5,7,9,11H,4,6,8,10H2,1-2H3,(H,22,23). The highest BCUT2D eigenvalue weighted by Crippen LogP contribution is 2.29. The van der Waals surface area contributed by atoms with Crippen molar-refractivity contribution in [3.63, 3.8) is 0 Å². The second-order valence-corrected chi connectivity index (χ2v) is 5.56. The third-order valence-electron chi connectivity index (χ3n) is 3.36. The Morgan fingerprint density at radius 2 is 1.91 bits per heavy atom. The van der Waals surface area contributed by atoms with Crippen LogP contribution in [0.5, 0.6) is 0 Å². The quantitative estimate of drug-likeness (QED) is 0.833. The molecule has 0 saturated heterocycles. The molecule has 0 aromatic heterocycles. The fraction of sp³-hybridized carbons (Fsp3) is 0.500. The molecule has 23 heavy (non-hydrogen) atoms. The van der Waals surface area contributed by atoms with Gasteiger partial charge in [0.25, 0.3) is 0 Å². The van der Waals surface area contributed by atoms with E-state index in [-0.39, 0.29) is 24.9 Å². The maximum atomic E-state index is 12.6. The predicted octanol–water partition coefficient (Wildman–Crippen LogP) is 3.35. The lowest BCUT2D eigenvalue weighted by Gasteiger charge is -2.24. The number of benzene rings is 1. The molecule has 128 valence electrons. The molecule has 0 unspecified atom stereocenters. The van der Waals surface area contributed by atoms with Gasteiger partial charge < -0.3 is 10.0 Å². The van der Waals surface area contributed by atoms with Crippen LogP contribution in [0.3, 0.4) is 0 Å². The third-order valence-corrected chi connectivity index (χ3v) is 3.36. The van der Waals surface area contributed by atoms with Gasteiger partial charge in [-0.05, 0) is 38.3 Å². The van der Waals surface area contributed by atoms with Gasteiger partial charge in [-0.3, -0.25) is 9.59 Å². The van der Waals surface area contributed by atoms with Gasteiger partial charge in [0.05, 0.1) is 5.56 Å². The van der Waals surface area contributed by atoms with Crippen LogP contribution in [-0.4, -0.2) is 34.5 Å². The topological polar surface area (TPSA) is 57.6 Å². The summed E-state index contributed by atoms with van der Waals surface area (Å²) in [6, 6.07) is 4.75. The third kappa shape index (κ3) is 6.30. The molecule has 1 rings (SSSR count). The Bertz CT molecular complexity index is 556. The minimum atomic E-state index is -4.39. The molecule has 0 bridgehead atoms. The van der Waals surface area contributed by atoms with Gasteiger partial charge in [-0.2, -0.15) is 13.2 Å². The molecule has 0 radical (unpaired) electrons. The zero-order chi connectivity index (χ0) is 17.6.